The molecule has 0 aliphatic heterocycles. The van der Waals surface area contributed by atoms with Gasteiger partial charge in [-0.3, -0.25) is 4.79 Å². The Hall–Kier alpha value is -2.25. The van der Waals surface area contributed by atoms with Crippen molar-refractivity contribution in [3.8, 4) is 5.75 Å². The molecule has 8 heteroatoms. The fourth-order valence-corrected chi connectivity index (χ4v) is 1.49. The molecule has 0 aromatic heterocycles. The van der Waals surface area contributed by atoms with Gasteiger partial charge < -0.3 is 15.2 Å². The normalized spacial score (nSPS) is 12.1. The molecule has 1 aromatic carbocycles. The Morgan fingerprint density at radius 2 is 2.05 bits per heavy atom. The molecule has 0 saturated heterocycles. The SMILES string of the molecule is COc1ccc(F)cc1C(=O)NC(CC(F)F)C(=O)O. The van der Waals surface area contributed by atoms with E-state index >= 15 is 0 Å². The average molecular weight is 291 g/mol. The number of nitrogens with one attached hydrogen (secondary N) is 1. The number of benzene rings is 1. The predicted octanol–water partition coefficient (Wildman–Crippen LogP) is 1.67. The molecule has 1 atom stereocenters. The number of hydrogen-bond acceptors (Lipinski definition) is 3. The molecule has 0 fully saturated rings. The molecule has 0 heterocycles. The summed E-state index contributed by atoms with van der Waals surface area (Å²) >= 11 is 0. The van der Waals surface area contributed by atoms with Gasteiger partial charge >= 0.3 is 5.97 Å². The second-order valence-electron chi connectivity index (χ2n) is 3.84. The summed E-state index contributed by atoms with van der Waals surface area (Å²) in [6.45, 7) is 0. The number of amides is 1. The van der Waals surface area contributed by atoms with E-state index in [0.717, 1.165) is 12.1 Å². The standard InChI is InChI=1S/C12H12F3NO4/c1-20-9-3-2-6(13)4-7(9)11(17)16-8(12(18)19)5-10(14)15/h2-4,8,10H,5H2,1H3,(H,16,17)(H,18,19). The summed E-state index contributed by atoms with van der Waals surface area (Å²) in [4.78, 5) is 22.6. The number of carbonyl (C=O) groups is 2. The molecule has 1 rings (SSSR count). The van der Waals surface area contributed by atoms with Crippen LogP contribution in [-0.4, -0.2) is 36.6 Å². The molecule has 0 saturated carbocycles. The van der Waals surface area contributed by atoms with Crippen LogP contribution in [0.5, 0.6) is 5.75 Å². The first-order chi connectivity index (χ1) is 9.35. The van der Waals surface area contributed by atoms with Crippen LogP contribution in [0.1, 0.15) is 16.8 Å². The quantitative estimate of drug-likeness (QED) is 0.836. The number of aliphatic carboxylic acids is 1. The fourth-order valence-electron chi connectivity index (χ4n) is 1.49. The van der Waals surface area contributed by atoms with Gasteiger partial charge in [-0.15, -0.1) is 0 Å². The third-order valence-electron chi connectivity index (χ3n) is 2.42. The zero-order valence-electron chi connectivity index (χ0n) is 10.4. The van der Waals surface area contributed by atoms with Crippen LogP contribution in [0.4, 0.5) is 13.2 Å². The highest BCUT2D eigenvalue weighted by Crippen LogP contribution is 2.19. The largest absolute Gasteiger partial charge is 0.496 e. The molecule has 1 unspecified atom stereocenters. The van der Waals surface area contributed by atoms with E-state index in [-0.39, 0.29) is 11.3 Å². The number of methoxy groups -OCH3 is 1. The van der Waals surface area contributed by atoms with Crippen molar-refractivity contribution in [1.82, 2.24) is 5.32 Å². The second-order valence-corrected chi connectivity index (χ2v) is 3.84. The zero-order valence-corrected chi connectivity index (χ0v) is 10.4. The van der Waals surface area contributed by atoms with Crippen LogP contribution in [0, 0.1) is 5.82 Å². The fraction of sp³-hybridized carbons (Fsp3) is 0.333. The van der Waals surface area contributed by atoms with Crippen LogP contribution in [0.25, 0.3) is 0 Å². The first kappa shape index (κ1) is 15.8. The molecular formula is C12H12F3NO4. The molecule has 0 radical (unpaired) electrons. The third-order valence-corrected chi connectivity index (χ3v) is 2.42. The molecule has 0 aliphatic carbocycles. The van der Waals surface area contributed by atoms with Crippen LogP contribution in [-0.2, 0) is 4.79 Å². The van der Waals surface area contributed by atoms with Crippen molar-refractivity contribution in [1.29, 1.82) is 0 Å². The Bertz CT molecular complexity index is 507. The van der Waals surface area contributed by atoms with Gasteiger partial charge in [-0.05, 0) is 18.2 Å². The summed E-state index contributed by atoms with van der Waals surface area (Å²) < 4.78 is 42.3. The summed E-state index contributed by atoms with van der Waals surface area (Å²) in [6.07, 6.45) is -3.94. The number of rotatable bonds is 6. The average Bonchev–Trinajstić information content (AvgIpc) is 2.37. The smallest absolute Gasteiger partial charge is 0.326 e. The number of carboxylic acid groups (broad SMARTS) is 1. The Labute approximate surface area is 112 Å². The van der Waals surface area contributed by atoms with Gasteiger partial charge in [0.2, 0.25) is 6.43 Å². The minimum atomic E-state index is -2.90. The van der Waals surface area contributed by atoms with E-state index in [2.05, 4.69) is 0 Å². The number of hydrogen-bond donors (Lipinski definition) is 2. The summed E-state index contributed by atoms with van der Waals surface area (Å²) in [7, 11) is 1.23. The van der Waals surface area contributed by atoms with E-state index in [1.807, 2.05) is 5.32 Å². The lowest BCUT2D eigenvalue weighted by molar-refractivity contribution is -0.140. The Balaban J connectivity index is 2.94. The van der Waals surface area contributed by atoms with Crippen molar-refractivity contribution < 1.29 is 32.6 Å². The number of carbonyl (C=O) groups excluding carboxylic acids is 1. The van der Waals surface area contributed by atoms with Crippen molar-refractivity contribution in [2.75, 3.05) is 7.11 Å². The van der Waals surface area contributed by atoms with Crippen molar-refractivity contribution >= 4 is 11.9 Å². The third kappa shape index (κ3) is 4.15. The van der Waals surface area contributed by atoms with E-state index in [0.29, 0.717) is 0 Å². The topological polar surface area (TPSA) is 75.6 Å². The predicted molar refractivity (Wildman–Crippen MR) is 62.5 cm³/mol. The summed E-state index contributed by atoms with van der Waals surface area (Å²) in [6, 6.07) is 1.28. The summed E-state index contributed by atoms with van der Waals surface area (Å²) in [5.41, 5.74) is -0.270. The van der Waals surface area contributed by atoms with Crippen LogP contribution >= 0.6 is 0 Å². The van der Waals surface area contributed by atoms with Crippen molar-refractivity contribution in [3.63, 3.8) is 0 Å². The highest BCUT2D eigenvalue weighted by Gasteiger charge is 2.25. The number of carboxylic acids is 1. The first-order valence-electron chi connectivity index (χ1n) is 5.50. The molecule has 0 aliphatic rings. The number of ether oxygens (including phenoxy) is 1. The Kier molecular flexibility index (Phi) is 5.36. The van der Waals surface area contributed by atoms with Gasteiger partial charge in [0.1, 0.15) is 17.6 Å². The molecule has 110 valence electrons. The number of alkyl halides is 2. The molecule has 0 bridgehead atoms. The van der Waals surface area contributed by atoms with Crippen LogP contribution < -0.4 is 10.1 Å². The molecule has 20 heavy (non-hydrogen) atoms. The Morgan fingerprint density at radius 3 is 2.55 bits per heavy atom. The lowest BCUT2D eigenvalue weighted by Gasteiger charge is -2.15. The Morgan fingerprint density at radius 1 is 1.40 bits per heavy atom. The van der Waals surface area contributed by atoms with Gasteiger partial charge in [-0.25, -0.2) is 18.0 Å². The van der Waals surface area contributed by atoms with E-state index in [1.165, 1.54) is 13.2 Å². The van der Waals surface area contributed by atoms with Gasteiger partial charge in [0.25, 0.3) is 5.91 Å². The highest BCUT2D eigenvalue weighted by molar-refractivity contribution is 5.98. The highest BCUT2D eigenvalue weighted by atomic mass is 19.3. The van der Waals surface area contributed by atoms with Crippen LogP contribution in [0.15, 0.2) is 18.2 Å². The maximum Gasteiger partial charge on any atom is 0.326 e. The van der Waals surface area contributed by atoms with Gasteiger partial charge in [0.05, 0.1) is 12.7 Å². The second kappa shape index (κ2) is 6.78. The maximum atomic E-state index is 13.1. The minimum absolute atomic E-state index is 0.00471. The van der Waals surface area contributed by atoms with Crippen molar-refractivity contribution in [2.24, 2.45) is 0 Å². The van der Waals surface area contributed by atoms with E-state index in [1.54, 1.807) is 0 Å². The minimum Gasteiger partial charge on any atom is -0.496 e. The maximum absolute atomic E-state index is 13.1. The monoisotopic (exact) mass is 291 g/mol. The lowest BCUT2D eigenvalue weighted by Crippen LogP contribution is -2.42. The molecule has 0 spiro atoms. The van der Waals surface area contributed by atoms with Gasteiger partial charge in [-0.2, -0.15) is 0 Å². The van der Waals surface area contributed by atoms with Crippen molar-refractivity contribution in [3.05, 3.63) is 29.6 Å². The summed E-state index contributed by atoms with van der Waals surface area (Å²) in [5.74, 6) is -3.34. The van der Waals surface area contributed by atoms with E-state index < -0.39 is 36.6 Å². The van der Waals surface area contributed by atoms with Crippen LogP contribution in [0.3, 0.4) is 0 Å². The van der Waals surface area contributed by atoms with E-state index in [4.69, 9.17) is 9.84 Å². The molecule has 1 aromatic rings. The number of halogens is 3. The molecular weight excluding hydrogens is 279 g/mol. The van der Waals surface area contributed by atoms with Gasteiger partial charge in [0, 0.05) is 6.42 Å². The van der Waals surface area contributed by atoms with E-state index in [9.17, 15) is 22.8 Å². The summed E-state index contributed by atoms with van der Waals surface area (Å²) in [5, 5.41) is 10.6. The van der Waals surface area contributed by atoms with Gasteiger partial charge in [0.15, 0.2) is 0 Å². The van der Waals surface area contributed by atoms with Crippen molar-refractivity contribution in [2.45, 2.75) is 18.9 Å². The first-order valence-corrected chi connectivity index (χ1v) is 5.50. The molecule has 2 N–H and O–H groups in total. The zero-order chi connectivity index (χ0) is 15.3. The van der Waals surface area contributed by atoms with Gasteiger partial charge in [-0.1, -0.05) is 0 Å². The molecule has 5 nitrogen and oxygen atoms in total. The lowest BCUT2D eigenvalue weighted by atomic mass is 10.1. The van der Waals surface area contributed by atoms with Crippen LogP contribution in [0.2, 0.25) is 0 Å². The molecule has 1 amide bonds.